The van der Waals surface area contributed by atoms with Crippen molar-refractivity contribution >= 4 is 65.0 Å². The van der Waals surface area contributed by atoms with E-state index in [0.717, 1.165) is 34.4 Å². The summed E-state index contributed by atoms with van der Waals surface area (Å²) in [6, 6.07) is 10.2. The van der Waals surface area contributed by atoms with E-state index in [-0.39, 0.29) is 56.7 Å². The Morgan fingerprint density at radius 2 is 1.33 bits per heavy atom. The van der Waals surface area contributed by atoms with Crippen LogP contribution in [0.5, 0.6) is 0 Å². The molecule has 2 aromatic rings. The van der Waals surface area contributed by atoms with Gasteiger partial charge in [0.15, 0.2) is 11.6 Å². The van der Waals surface area contributed by atoms with E-state index in [2.05, 4.69) is 5.32 Å². The fraction of sp³-hybridized carbons (Fsp3) is 0.646. The number of nitrogens with zero attached hydrogens (tertiary/aromatic N) is 7. The van der Waals surface area contributed by atoms with Gasteiger partial charge in [0.25, 0.3) is 0 Å². The number of rotatable bonds is 30. The van der Waals surface area contributed by atoms with Crippen LogP contribution in [0.4, 0.5) is 4.79 Å². The summed E-state index contributed by atoms with van der Waals surface area (Å²) in [7, 11) is 7.33. The first-order valence-corrected chi connectivity index (χ1v) is 30.8. The second-order valence-electron chi connectivity index (χ2n) is 24.9. The van der Waals surface area contributed by atoms with Crippen molar-refractivity contribution in [1.29, 1.82) is 0 Å². The molecule has 3 aliphatic rings. The minimum atomic E-state index is -1.32. The van der Waals surface area contributed by atoms with E-state index < -0.39 is 126 Å². The standard InChI is InChI=1S/C65H96N8O13/c1-14-43(6)49(59(80)68(10)44(7)58(79)73-34-31-50(73)61(82)72(15-2)53(60(81)67(9)39-56(77)78)36-46-29-27-42(5)28-30-46)37-54(75)52(35-41(3)4)69(11)55(76)38-51(45(8)74)70(12)62(83)57(48-25-19-20-26-48)71(13)63(84)65(32-21-22-33-65)66-64(85)86-40-47-23-17-16-18-24-47/h16-18,23-24,27-30,41,43-44,48-53,57H,14-15,19-22,25-26,31-40H2,1-13H3,(H,66,85)(H,77,78)/t43-,44-,49-,50-,51-,52-,53-,57-/m0/s1. The van der Waals surface area contributed by atoms with Crippen LogP contribution in [0.2, 0.25) is 0 Å². The van der Waals surface area contributed by atoms with Crippen LogP contribution in [0.25, 0.3) is 0 Å². The Morgan fingerprint density at radius 3 is 1.86 bits per heavy atom. The number of likely N-dealkylation sites (N-methyl/N-ethyl adjacent to an activating group) is 6. The lowest BCUT2D eigenvalue weighted by Crippen LogP contribution is -2.65. The fourth-order valence-corrected chi connectivity index (χ4v) is 12.6. The quantitative estimate of drug-likeness (QED) is 0.0872. The molecule has 86 heavy (non-hydrogen) atoms. The number of alkyl carbamates (subject to hydrolysis) is 1. The van der Waals surface area contributed by atoms with Crippen molar-refractivity contribution in [2.45, 2.75) is 194 Å². The Labute approximate surface area is 508 Å². The molecule has 2 N–H and O–H groups in total. The number of amides is 8. The van der Waals surface area contributed by atoms with Crippen molar-refractivity contribution in [2.75, 3.05) is 54.9 Å². The molecule has 2 aromatic carbocycles. The molecule has 2 aliphatic carbocycles. The minimum absolute atomic E-state index is 0.00256. The average molecular weight is 1200 g/mol. The lowest BCUT2D eigenvalue weighted by Gasteiger charge is -2.45. The van der Waals surface area contributed by atoms with Crippen LogP contribution < -0.4 is 5.32 Å². The average Bonchev–Trinajstić information content (AvgIpc) is 1.48. The molecule has 0 bridgehead atoms. The topological polar surface area (TPSA) is 252 Å². The summed E-state index contributed by atoms with van der Waals surface area (Å²) < 4.78 is 5.54. The van der Waals surface area contributed by atoms with Gasteiger partial charge in [-0.25, -0.2) is 4.79 Å². The number of likely N-dealkylation sites (tertiary alicyclic amines) is 1. The number of ketones is 2. The molecular weight excluding hydrogens is 1100 g/mol. The maximum absolute atomic E-state index is 15.0. The van der Waals surface area contributed by atoms with Gasteiger partial charge in [-0.1, -0.05) is 120 Å². The molecule has 474 valence electrons. The lowest BCUT2D eigenvalue weighted by atomic mass is 9.83. The zero-order valence-electron chi connectivity index (χ0n) is 53.2. The summed E-state index contributed by atoms with van der Waals surface area (Å²) >= 11 is 0. The van der Waals surface area contributed by atoms with Crippen molar-refractivity contribution in [3.63, 3.8) is 0 Å². The normalized spacial score (nSPS) is 18.0. The third-order valence-corrected chi connectivity index (χ3v) is 18.4. The largest absolute Gasteiger partial charge is 0.480 e. The predicted molar refractivity (Wildman–Crippen MR) is 324 cm³/mol. The molecule has 8 amide bonds. The van der Waals surface area contributed by atoms with E-state index in [9.17, 15) is 57.8 Å². The molecule has 0 aromatic heterocycles. The number of carbonyl (C=O) groups excluding carboxylic acids is 10. The fourth-order valence-electron chi connectivity index (χ4n) is 12.6. The molecule has 1 heterocycles. The Morgan fingerprint density at radius 1 is 0.709 bits per heavy atom. The Balaban J connectivity index is 1.30. The predicted octanol–water partition coefficient (Wildman–Crippen LogP) is 6.30. The number of aryl methyl sites for hydroxylation is 1. The van der Waals surface area contributed by atoms with E-state index in [1.54, 1.807) is 20.9 Å². The van der Waals surface area contributed by atoms with Crippen LogP contribution in [0, 0.1) is 30.6 Å². The summed E-state index contributed by atoms with van der Waals surface area (Å²) in [6.45, 7) is 13.7. The zero-order chi connectivity index (χ0) is 63.9. The van der Waals surface area contributed by atoms with Crippen molar-refractivity contribution in [3.8, 4) is 0 Å². The van der Waals surface area contributed by atoms with E-state index >= 15 is 0 Å². The third kappa shape index (κ3) is 17.3. The van der Waals surface area contributed by atoms with Gasteiger partial charge in [-0.2, -0.15) is 0 Å². The third-order valence-electron chi connectivity index (χ3n) is 18.4. The van der Waals surface area contributed by atoms with Crippen LogP contribution in [-0.4, -0.2) is 201 Å². The highest BCUT2D eigenvalue weighted by Crippen LogP contribution is 2.37. The molecule has 1 saturated heterocycles. The number of hydrogen-bond donors (Lipinski definition) is 2. The number of ether oxygens (including phenoxy) is 1. The number of aliphatic carboxylic acids is 1. The maximum Gasteiger partial charge on any atom is 0.408 e. The SMILES string of the molecule is CC[C@H](C)[C@H](CC(=O)[C@H](CC(C)C)N(C)C(=O)C[C@@H](C(C)=O)N(C)C(=O)[C@H](C1CCCC1)N(C)C(=O)C1(NC(=O)OCc2ccccc2)CCCC1)C(=O)N(C)[C@@H](C)C(=O)N1CC[C@H]1C(=O)N(CC)[C@@H](Cc1ccc(C)cc1)C(=O)N(C)CC(=O)O. The first kappa shape index (κ1) is 69.6. The highest BCUT2D eigenvalue weighted by atomic mass is 16.5. The van der Waals surface area contributed by atoms with E-state index in [1.807, 2.05) is 89.2 Å². The van der Waals surface area contributed by atoms with Gasteiger partial charge >= 0.3 is 12.1 Å². The van der Waals surface area contributed by atoms with Crippen molar-refractivity contribution < 1.29 is 62.6 Å². The number of Topliss-reactive ketones (excluding diaryl/α,β-unsaturated/α-hetero) is 2. The highest BCUT2D eigenvalue weighted by molar-refractivity contribution is 5.99. The van der Waals surface area contributed by atoms with Gasteiger partial charge in [-0.05, 0) is 95.1 Å². The maximum atomic E-state index is 15.0. The molecular formula is C65H96N8O13. The van der Waals surface area contributed by atoms with Gasteiger partial charge < -0.3 is 49.5 Å². The Hall–Kier alpha value is -7.19. The van der Waals surface area contributed by atoms with E-state index in [4.69, 9.17) is 4.74 Å². The summed E-state index contributed by atoms with van der Waals surface area (Å²) in [5.41, 5.74) is 1.21. The van der Waals surface area contributed by atoms with Gasteiger partial charge in [-0.3, -0.25) is 47.9 Å². The van der Waals surface area contributed by atoms with Gasteiger partial charge in [0.05, 0.1) is 18.5 Å². The molecule has 8 atom stereocenters. The summed E-state index contributed by atoms with van der Waals surface area (Å²) in [5.74, 6) is -7.34. The molecule has 0 radical (unpaired) electrons. The Bertz CT molecular complexity index is 2730. The van der Waals surface area contributed by atoms with Crippen LogP contribution in [0.15, 0.2) is 54.6 Å². The number of hydrogen-bond acceptors (Lipinski definition) is 12. The summed E-state index contributed by atoms with van der Waals surface area (Å²) in [6.07, 6.45) is 4.58. The van der Waals surface area contributed by atoms with Crippen LogP contribution in [0.1, 0.15) is 149 Å². The molecule has 0 spiro atoms. The zero-order valence-corrected chi connectivity index (χ0v) is 53.2. The molecule has 2 saturated carbocycles. The van der Waals surface area contributed by atoms with Gasteiger partial charge in [0, 0.05) is 67.1 Å². The summed E-state index contributed by atoms with van der Waals surface area (Å²) in [5, 5.41) is 12.4. The van der Waals surface area contributed by atoms with Crippen LogP contribution in [-0.2, 0) is 65.7 Å². The van der Waals surface area contributed by atoms with E-state index in [1.165, 1.54) is 64.5 Å². The number of carboxylic acids is 1. The van der Waals surface area contributed by atoms with Crippen LogP contribution in [0.3, 0.4) is 0 Å². The first-order chi connectivity index (χ1) is 40.6. The number of nitrogens with one attached hydrogen (secondary N) is 1. The Kier molecular flexibility index (Phi) is 25.4. The van der Waals surface area contributed by atoms with Gasteiger partial charge in [0.1, 0.15) is 42.9 Å². The first-order valence-electron chi connectivity index (χ1n) is 30.8. The summed E-state index contributed by atoms with van der Waals surface area (Å²) in [4.78, 5) is 164. The van der Waals surface area contributed by atoms with Crippen molar-refractivity contribution in [3.05, 3.63) is 71.3 Å². The second-order valence-corrected chi connectivity index (χ2v) is 24.9. The van der Waals surface area contributed by atoms with Crippen molar-refractivity contribution in [1.82, 2.24) is 39.6 Å². The highest BCUT2D eigenvalue weighted by Gasteiger charge is 2.50. The molecule has 1 aliphatic heterocycles. The number of carbonyl (C=O) groups is 11. The molecule has 21 heteroatoms. The van der Waals surface area contributed by atoms with E-state index in [0.29, 0.717) is 51.4 Å². The van der Waals surface area contributed by atoms with Crippen LogP contribution >= 0.6 is 0 Å². The van der Waals surface area contributed by atoms with Crippen molar-refractivity contribution in [2.24, 2.45) is 23.7 Å². The number of benzene rings is 2. The van der Waals surface area contributed by atoms with Gasteiger partial charge in [0.2, 0.25) is 41.4 Å². The second kappa shape index (κ2) is 31.5. The van der Waals surface area contributed by atoms with Gasteiger partial charge in [-0.15, -0.1) is 0 Å². The molecule has 5 rings (SSSR count). The lowest BCUT2D eigenvalue weighted by molar-refractivity contribution is -0.161. The molecule has 0 unspecified atom stereocenters. The molecule has 3 fully saturated rings. The smallest absolute Gasteiger partial charge is 0.408 e. The molecule has 21 nitrogen and oxygen atoms in total. The monoisotopic (exact) mass is 1200 g/mol. The number of carboxylic acid groups (broad SMARTS) is 1. The minimum Gasteiger partial charge on any atom is -0.480 e.